The zero-order valence-electron chi connectivity index (χ0n) is 15.9. The van der Waals surface area contributed by atoms with Crippen LogP contribution in [-0.4, -0.2) is 28.6 Å². The van der Waals surface area contributed by atoms with Gasteiger partial charge in [-0.3, -0.25) is 9.59 Å². The van der Waals surface area contributed by atoms with E-state index in [4.69, 9.17) is 0 Å². The number of halogens is 6. The second-order valence-electron chi connectivity index (χ2n) is 6.77. The van der Waals surface area contributed by atoms with E-state index in [0.29, 0.717) is 18.2 Å². The fourth-order valence-corrected chi connectivity index (χ4v) is 2.97. The number of hydrazone groups is 1. The summed E-state index contributed by atoms with van der Waals surface area (Å²) in [6, 6.07) is 3.48. The Hall–Kier alpha value is -3.37. The summed E-state index contributed by atoms with van der Waals surface area (Å²) in [7, 11) is 0. The maximum Gasteiger partial charge on any atom is 0.419 e. The number of benzene rings is 2. The van der Waals surface area contributed by atoms with Gasteiger partial charge < -0.3 is 5.32 Å². The minimum Gasteiger partial charge on any atom is -0.324 e. The quantitative estimate of drug-likeness (QED) is 0.709. The van der Waals surface area contributed by atoms with Crippen molar-refractivity contribution >= 4 is 23.2 Å². The summed E-state index contributed by atoms with van der Waals surface area (Å²) in [6.07, 6.45) is -5.02. The summed E-state index contributed by atoms with van der Waals surface area (Å²) < 4.78 is 79.1. The molecule has 1 atom stereocenters. The number of carbonyl (C=O) groups is 2. The average Bonchev–Trinajstić information content (AvgIpc) is 2.68. The molecular formula is C20H15F6N3O2. The monoisotopic (exact) mass is 443 g/mol. The van der Waals surface area contributed by atoms with Crippen LogP contribution in [0.25, 0.3) is 0 Å². The minimum atomic E-state index is -4.96. The minimum absolute atomic E-state index is 0.0418. The van der Waals surface area contributed by atoms with Crippen LogP contribution >= 0.6 is 0 Å². The average molecular weight is 443 g/mol. The molecule has 2 aromatic rings. The van der Waals surface area contributed by atoms with Crippen molar-refractivity contribution in [3.8, 4) is 0 Å². The van der Waals surface area contributed by atoms with E-state index in [1.807, 2.05) is 0 Å². The number of nitrogens with one attached hydrogen (secondary N) is 1. The summed E-state index contributed by atoms with van der Waals surface area (Å²) in [5.41, 5.74) is -1.82. The third-order valence-corrected chi connectivity index (χ3v) is 4.59. The van der Waals surface area contributed by atoms with Gasteiger partial charge in [0.25, 0.3) is 0 Å². The number of nitrogens with zero attached hydrogens (tertiary/aromatic N) is 2. The predicted octanol–water partition coefficient (Wildman–Crippen LogP) is 4.48. The maximum atomic E-state index is 14.0. The molecule has 0 saturated carbocycles. The second-order valence-corrected chi connectivity index (χ2v) is 6.77. The molecule has 1 aliphatic rings. The Kier molecular flexibility index (Phi) is 6.05. The van der Waals surface area contributed by atoms with E-state index in [9.17, 15) is 35.9 Å². The van der Waals surface area contributed by atoms with Crippen LogP contribution in [0.2, 0.25) is 0 Å². The van der Waals surface area contributed by atoms with Gasteiger partial charge in [-0.1, -0.05) is 0 Å². The van der Waals surface area contributed by atoms with Crippen LogP contribution in [0.4, 0.5) is 32.0 Å². The standard InChI is InChI=1S/C20H15F6N3O2/c1-10(19(31)27-12-3-5-15(22)14(9-12)20(24,25)26)29-18(30)7-6-17(28-29)13-4-2-11(21)8-16(13)23/h2-5,8-10H,6-7H2,1H3,(H,27,31). The topological polar surface area (TPSA) is 61.8 Å². The van der Waals surface area contributed by atoms with Crippen molar-refractivity contribution in [3.63, 3.8) is 0 Å². The molecule has 2 amide bonds. The zero-order chi connectivity index (χ0) is 22.9. The molecule has 1 N–H and O–H groups in total. The van der Waals surface area contributed by atoms with Gasteiger partial charge in [0.15, 0.2) is 0 Å². The van der Waals surface area contributed by atoms with Gasteiger partial charge >= 0.3 is 6.18 Å². The normalized spacial score (nSPS) is 15.5. The molecule has 0 bridgehead atoms. The molecule has 1 heterocycles. The maximum absolute atomic E-state index is 14.0. The number of hydrogen-bond acceptors (Lipinski definition) is 3. The highest BCUT2D eigenvalue weighted by atomic mass is 19.4. The van der Waals surface area contributed by atoms with E-state index >= 15 is 0 Å². The van der Waals surface area contributed by atoms with Crippen LogP contribution in [0.15, 0.2) is 41.5 Å². The van der Waals surface area contributed by atoms with Crippen molar-refractivity contribution in [2.75, 3.05) is 5.32 Å². The Morgan fingerprint density at radius 2 is 1.77 bits per heavy atom. The highest BCUT2D eigenvalue weighted by Crippen LogP contribution is 2.33. The summed E-state index contributed by atoms with van der Waals surface area (Å²) in [5, 5.41) is 6.96. The smallest absolute Gasteiger partial charge is 0.324 e. The van der Waals surface area contributed by atoms with Crippen LogP contribution in [0.3, 0.4) is 0 Å². The molecule has 0 aromatic heterocycles. The number of anilines is 1. The Morgan fingerprint density at radius 1 is 1.06 bits per heavy atom. The number of carbonyl (C=O) groups excluding carboxylic acids is 2. The number of amides is 2. The van der Waals surface area contributed by atoms with Gasteiger partial charge in [0, 0.05) is 30.2 Å². The fraction of sp³-hybridized carbons (Fsp3) is 0.250. The first-order valence-electron chi connectivity index (χ1n) is 9.00. The van der Waals surface area contributed by atoms with Crippen molar-refractivity contribution in [3.05, 3.63) is 65.0 Å². The first-order chi connectivity index (χ1) is 14.5. The van der Waals surface area contributed by atoms with Crippen molar-refractivity contribution < 1.29 is 35.9 Å². The van der Waals surface area contributed by atoms with Crippen molar-refractivity contribution in [2.45, 2.75) is 32.0 Å². The summed E-state index contributed by atoms with van der Waals surface area (Å²) in [5.74, 6) is -4.64. The number of rotatable bonds is 4. The van der Waals surface area contributed by atoms with E-state index < -0.39 is 47.0 Å². The second kappa shape index (κ2) is 8.40. The van der Waals surface area contributed by atoms with Gasteiger partial charge in [-0.25, -0.2) is 18.2 Å². The van der Waals surface area contributed by atoms with E-state index in [1.54, 1.807) is 0 Å². The molecule has 1 unspecified atom stereocenters. The fourth-order valence-electron chi connectivity index (χ4n) is 2.97. The SMILES string of the molecule is CC(C(=O)Nc1ccc(F)c(C(F)(F)F)c1)N1N=C(c2ccc(F)cc2F)CCC1=O. The Labute approximate surface area is 172 Å². The lowest BCUT2D eigenvalue weighted by atomic mass is 10.0. The van der Waals surface area contributed by atoms with Gasteiger partial charge in [-0.05, 0) is 37.3 Å². The molecular weight excluding hydrogens is 428 g/mol. The van der Waals surface area contributed by atoms with Gasteiger partial charge in [0.1, 0.15) is 23.5 Å². The van der Waals surface area contributed by atoms with E-state index in [0.717, 1.165) is 23.2 Å². The molecule has 0 saturated heterocycles. The molecule has 0 aliphatic carbocycles. The van der Waals surface area contributed by atoms with Gasteiger partial charge in [-0.15, -0.1) is 0 Å². The molecule has 2 aromatic carbocycles. The van der Waals surface area contributed by atoms with Gasteiger partial charge in [0.05, 0.1) is 11.3 Å². The third-order valence-electron chi connectivity index (χ3n) is 4.59. The molecule has 11 heteroatoms. The molecule has 0 spiro atoms. The Morgan fingerprint density at radius 3 is 2.42 bits per heavy atom. The van der Waals surface area contributed by atoms with Crippen molar-refractivity contribution in [1.82, 2.24) is 5.01 Å². The van der Waals surface area contributed by atoms with Crippen molar-refractivity contribution in [2.24, 2.45) is 5.10 Å². The lowest BCUT2D eigenvalue weighted by molar-refractivity contribution is -0.140. The lowest BCUT2D eigenvalue weighted by Gasteiger charge is -2.28. The number of alkyl halides is 3. The van der Waals surface area contributed by atoms with Gasteiger partial charge in [0.2, 0.25) is 11.8 Å². The first kappa shape index (κ1) is 22.3. The number of hydrogen-bond donors (Lipinski definition) is 1. The van der Waals surface area contributed by atoms with Crippen LogP contribution in [0, 0.1) is 17.5 Å². The van der Waals surface area contributed by atoms with Crippen LogP contribution in [0.1, 0.15) is 30.9 Å². The Balaban J connectivity index is 1.83. The van der Waals surface area contributed by atoms with Crippen LogP contribution in [-0.2, 0) is 15.8 Å². The van der Waals surface area contributed by atoms with Crippen LogP contribution < -0.4 is 5.32 Å². The zero-order valence-corrected chi connectivity index (χ0v) is 15.9. The van der Waals surface area contributed by atoms with Crippen LogP contribution in [0.5, 0.6) is 0 Å². The highest BCUT2D eigenvalue weighted by molar-refractivity contribution is 6.05. The summed E-state index contributed by atoms with van der Waals surface area (Å²) in [6.45, 7) is 1.27. The lowest BCUT2D eigenvalue weighted by Crippen LogP contribution is -2.45. The van der Waals surface area contributed by atoms with E-state index in [-0.39, 0.29) is 29.8 Å². The third kappa shape index (κ3) is 4.86. The Bertz CT molecular complexity index is 1070. The first-order valence-corrected chi connectivity index (χ1v) is 9.00. The predicted molar refractivity (Wildman–Crippen MR) is 98.5 cm³/mol. The summed E-state index contributed by atoms with van der Waals surface area (Å²) >= 11 is 0. The molecule has 1 aliphatic heterocycles. The molecule has 31 heavy (non-hydrogen) atoms. The molecule has 0 fully saturated rings. The van der Waals surface area contributed by atoms with Gasteiger partial charge in [-0.2, -0.15) is 18.3 Å². The van der Waals surface area contributed by atoms with E-state index in [1.165, 1.54) is 6.92 Å². The largest absolute Gasteiger partial charge is 0.419 e. The molecule has 0 radical (unpaired) electrons. The highest BCUT2D eigenvalue weighted by Gasteiger charge is 2.35. The molecule has 3 rings (SSSR count). The van der Waals surface area contributed by atoms with Crippen molar-refractivity contribution in [1.29, 1.82) is 0 Å². The molecule has 164 valence electrons. The summed E-state index contributed by atoms with van der Waals surface area (Å²) in [4.78, 5) is 24.7. The van der Waals surface area contributed by atoms with E-state index in [2.05, 4.69) is 10.4 Å². The molecule has 5 nitrogen and oxygen atoms in total.